The third-order valence-electron chi connectivity index (χ3n) is 14.3. The van der Waals surface area contributed by atoms with Gasteiger partial charge in [0.2, 0.25) is 11.8 Å². The maximum Gasteiger partial charge on any atom is 0.245 e. The Balaban J connectivity index is 0.863. The summed E-state index contributed by atoms with van der Waals surface area (Å²) in [5.41, 5.74) is 7.11. The number of aromatic amines is 2. The fourth-order valence-corrected chi connectivity index (χ4v) is 10.5. The fourth-order valence-electron chi connectivity index (χ4n) is 10.5. The van der Waals surface area contributed by atoms with E-state index in [0.717, 1.165) is 115 Å². The lowest BCUT2D eigenvalue weighted by atomic mass is 9.63. The Morgan fingerprint density at radius 1 is 0.694 bits per heavy atom. The molecule has 1 saturated carbocycles. The molecule has 0 spiro atoms. The highest BCUT2D eigenvalue weighted by molar-refractivity contribution is 5.85. The number of pyridine rings is 1. The molecule has 11 nitrogen and oxygen atoms in total. The Morgan fingerprint density at radius 2 is 1.26 bits per heavy atom. The number of carbonyl (C=O) groups excluding carboxylic acids is 2. The number of nitrogens with one attached hydrogen (secondary N) is 2. The van der Waals surface area contributed by atoms with E-state index in [-0.39, 0.29) is 46.8 Å². The third kappa shape index (κ3) is 7.85. The summed E-state index contributed by atoms with van der Waals surface area (Å²) in [6.45, 7) is 6.19. The number of hydrogen-bond donors (Lipinski definition) is 2. The quantitative estimate of drug-likeness (QED) is 0.134. The van der Waals surface area contributed by atoms with Crippen LogP contribution in [0.15, 0.2) is 103 Å². The molecule has 2 aliphatic heterocycles. The molecule has 0 radical (unpaired) electrons. The summed E-state index contributed by atoms with van der Waals surface area (Å²) in [7, 11) is 7.90. The van der Waals surface area contributed by atoms with Crippen LogP contribution in [-0.2, 0) is 20.4 Å². The van der Waals surface area contributed by atoms with E-state index < -0.39 is 0 Å². The number of aromatic nitrogens is 5. The maximum atomic E-state index is 14.1. The van der Waals surface area contributed by atoms with Crippen molar-refractivity contribution in [2.45, 2.75) is 100 Å². The number of amides is 2. The summed E-state index contributed by atoms with van der Waals surface area (Å²) in [6.07, 6.45) is 11.8. The number of likely N-dealkylation sites (tertiary alicyclic amines) is 2. The lowest BCUT2D eigenvalue weighted by Crippen LogP contribution is -2.40. The van der Waals surface area contributed by atoms with Crippen molar-refractivity contribution in [3.8, 4) is 11.3 Å². The highest BCUT2D eigenvalue weighted by Gasteiger charge is 2.43. The van der Waals surface area contributed by atoms with Gasteiger partial charge >= 0.3 is 0 Å². The molecular formula is C51H61N9O2. The highest BCUT2D eigenvalue weighted by atomic mass is 16.2. The summed E-state index contributed by atoms with van der Waals surface area (Å²) < 4.78 is 0. The number of nitrogens with zero attached hydrogens (tertiary/aromatic N) is 7. The van der Waals surface area contributed by atoms with Crippen LogP contribution in [0.25, 0.3) is 22.2 Å². The fraction of sp³-hybridized carbons (Fsp3) is 0.431. The molecular weight excluding hydrogens is 771 g/mol. The van der Waals surface area contributed by atoms with Crippen molar-refractivity contribution >= 4 is 22.7 Å². The predicted molar refractivity (Wildman–Crippen MR) is 244 cm³/mol. The zero-order valence-electron chi connectivity index (χ0n) is 37.1. The van der Waals surface area contributed by atoms with Crippen molar-refractivity contribution in [3.63, 3.8) is 0 Å². The van der Waals surface area contributed by atoms with E-state index in [2.05, 4.69) is 54.1 Å². The number of imidazole rings is 2. The molecule has 3 aliphatic rings. The molecule has 1 aliphatic carbocycles. The van der Waals surface area contributed by atoms with Gasteiger partial charge in [-0.3, -0.25) is 24.4 Å². The van der Waals surface area contributed by atoms with E-state index in [1.807, 2.05) is 121 Å². The van der Waals surface area contributed by atoms with Gasteiger partial charge < -0.3 is 19.8 Å². The number of fused-ring (bicyclic) bond motifs is 1. The molecule has 5 heterocycles. The van der Waals surface area contributed by atoms with Gasteiger partial charge in [0.1, 0.15) is 23.7 Å². The molecule has 3 fully saturated rings. The van der Waals surface area contributed by atoms with Crippen molar-refractivity contribution in [2.75, 3.05) is 41.3 Å². The number of rotatable bonds is 11. The largest absolute Gasteiger partial charge is 0.346 e. The summed E-state index contributed by atoms with van der Waals surface area (Å²) in [4.78, 5) is 58.6. The first-order valence-electron chi connectivity index (χ1n) is 22.5. The van der Waals surface area contributed by atoms with Gasteiger partial charge in [0.25, 0.3) is 0 Å². The number of benzene rings is 3. The van der Waals surface area contributed by atoms with Crippen LogP contribution in [-0.4, -0.2) is 97.6 Å². The second-order valence-electron chi connectivity index (χ2n) is 19.0. The molecule has 3 aromatic carbocycles. The van der Waals surface area contributed by atoms with Gasteiger partial charge in [-0.05, 0) is 109 Å². The monoisotopic (exact) mass is 831 g/mol. The second-order valence-corrected chi connectivity index (χ2v) is 19.0. The van der Waals surface area contributed by atoms with Gasteiger partial charge in [-0.1, -0.05) is 86.6 Å². The number of hydrogen-bond acceptors (Lipinski definition) is 7. The maximum absolute atomic E-state index is 14.1. The Bertz CT molecular complexity index is 2520. The minimum Gasteiger partial charge on any atom is -0.346 e. The van der Waals surface area contributed by atoms with E-state index in [9.17, 15) is 9.59 Å². The van der Waals surface area contributed by atoms with Crippen LogP contribution >= 0.6 is 0 Å². The minimum absolute atomic E-state index is 0.0403. The Labute approximate surface area is 366 Å². The van der Waals surface area contributed by atoms with Crippen LogP contribution in [0.1, 0.15) is 124 Å². The summed E-state index contributed by atoms with van der Waals surface area (Å²) in [5, 5.41) is 1.08. The molecule has 2 saturated heterocycles. The first kappa shape index (κ1) is 41.7. The number of likely N-dealkylation sites (N-methyl/N-ethyl adjacent to an activating group) is 2. The Morgan fingerprint density at radius 3 is 1.84 bits per heavy atom. The van der Waals surface area contributed by atoms with Gasteiger partial charge in [-0.15, -0.1) is 0 Å². The molecule has 62 heavy (non-hydrogen) atoms. The van der Waals surface area contributed by atoms with Gasteiger partial charge in [-0.2, -0.15) is 0 Å². The molecule has 4 atom stereocenters. The lowest BCUT2D eigenvalue weighted by molar-refractivity contribution is -0.138. The van der Waals surface area contributed by atoms with Crippen LogP contribution < -0.4 is 0 Å². The zero-order valence-corrected chi connectivity index (χ0v) is 37.1. The first-order chi connectivity index (χ1) is 29.9. The summed E-state index contributed by atoms with van der Waals surface area (Å²) >= 11 is 0. The van der Waals surface area contributed by atoms with E-state index in [1.54, 1.807) is 0 Å². The summed E-state index contributed by atoms with van der Waals surface area (Å²) in [6, 6.07) is 30.2. The Kier molecular flexibility index (Phi) is 11.4. The second kappa shape index (κ2) is 16.9. The molecule has 9 rings (SSSR count). The standard InChI is InChI=1S/C51H61N9O2/c1-50(25-27-51(2,28-26-50)43-33-53-47(56-43)41-20-14-30-60(41)49(62)45(58(5)6)35-17-11-8-12-18-35)42-24-22-36-31-37(21-23-38(36)54-42)39-32-52-46(55-39)40-19-13-29-59(40)48(61)44(57(3)4)34-15-9-7-10-16-34/h7-12,15-18,21-24,31-33,40-41,44-45H,13-14,19-20,25-30H2,1-6H3,(H,52,55)(H,53,56)/t40-,41-,44+,45+,50?,51?/m0/s1. The minimum atomic E-state index is -0.344. The van der Waals surface area contributed by atoms with Gasteiger partial charge in [-0.25, -0.2) is 9.97 Å². The molecule has 6 aromatic rings. The molecule has 322 valence electrons. The van der Waals surface area contributed by atoms with Crippen molar-refractivity contribution in [2.24, 2.45) is 0 Å². The van der Waals surface area contributed by atoms with Gasteiger partial charge in [0.15, 0.2) is 0 Å². The molecule has 0 unspecified atom stereocenters. The Hall–Kier alpha value is -5.65. The molecule has 2 amide bonds. The molecule has 11 heteroatoms. The van der Waals surface area contributed by atoms with Crippen LogP contribution in [0.4, 0.5) is 0 Å². The van der Waals surface area contributed by atoms with Crippen LogP contribution in [0.2, 0.25) is 0 Å². The lowest BCUT2D eigenvalue weighted by Gasteiger charge is -2.42. The van der Waals surface area contributed by atoms with Crippen LogP contribution in [0.3, 0.4) is 0 Å². The summed E-state index contributed by atoms with van der Waals surface area (Å²) in [5.74, 6) is 1.98. The molecule has 3 aromatic heterocycles. The predicted octanol–water partition coefficient (Wildman–Crippen LogP) is 9.07. The average molecular weight is 832 g/mol. The van der Waals surface area contributed by atoms with Gasteiger partial charge in [0, 0.05) is 58.7 Å². The van der Waals surface area contributed by atoms with E-state index in [0.29, 0.717) is 0 Å². The molecule has 2 N–H and O–H groups in total. The van der Waals surface area contributed by atoms with Crippen molar-refractivity contribution in [3.05, 3.63) is 138 Å². The van der Waals surface area contributed by atoms with Gasteiger partial charge in [0.05, 0.1) is 23.3 Å². The third-order valence-corrected chi connectivity index (χ3v) is 14.3. The topological polar surface area (TPSA) is 117 Å². The zero-order chi connectivity index (χ0) is 43.2. The van der Waals surface area contributed by atoms with Crippen LogP contribution in [0.5, 0.6) is 0 Å². The van der Waals surface area contributed by atoms with Crippen molar-refractivity contribution in [1.82, 2.24) is 44.5 Å². The first-order valence-corrected chi connectivity index (χ1v) is 22.5. The number of H-pyrrole nitrogens is 2. The smallest absolute Gasteiger partial charge is 0.245 e. The normalized spacial score (nSPS) is 24.0. The average Bonchev–Trinajstić information content (AvgIpc) is 4.12. The van der Waals surface area contributed by atoms with Crippen LogP contribution in [0, 0.1) is 0 Å². The van der Waals surface area contributed by atoms with E-state index in [4.69, 9.17) is 15.0 Å². The SMILES string of the molecule is CN(C)[C@@H](C(=O)N1CCC[C@H]1c1nc(-c2ccc3nc(C4(C)CCC(C)(c5cnc([C@@H]6CCCN6C(=O)[C@@H](c6ccccc6)N(C)C)[nH]5)CC4)ccc3c2)c[nH]1)c1ccccc1. The van der Waals surface area contributed by atoms with E-state index >= 15 is 0 Å². The number of carbonyl (C=O) groups is 2. The van der Waals surface area contributed by atoms with E-state index in [1.165, 1.54) is 5.69 Å². The van der Waals surface area contributed by atoms with Crippen molar-refractivity contribution < 1.29 is 9.59 Å². The highest BCUT2D eigenvalue weighted by Crippen LogP contribution is 2.48. The molecule has 0 bridgehead atoms. The van der Waals surface area contributed by atoms with Crippen molar-refractivity contribution in [1.29, 1.82) is 0 Å².